The number of carbonyl (C=O) groups excluding carboxylic acids is 2. The first-order valence-corrected chi connectivity index (χ1v) is 5.31. The van der Waals surface area contributed by atoms with Crippen LogP contribution in [0.5, 0.6) is 0 Å². The highest BCUT2D eigenvalue weighted by Gasteiger charge is 2.48. The molecule has 6 heteroatoms. The zero-order valence-corrected chi connectivity index (χ0v) is 8.72. The van der Waals surface area contributed by atoms with Crippen LogP contribution < -0.4 is 0 Å². The van der Waals surface area contributed by atoms with Crippen molar-refractivity contribution in [1.29, 1.82) is 0 Å². The van der Waals surface area contributed by atoms with Crippen molar-refractivity contribution < 1.29 is 29.3 Å². The molecule has 3 unspecified atom stereocenters. The molecule has 1 heterocycles. The van der Waals surface area contributed by atoms with Crippen molar-refractivity contribution in [2.75, 3.05) is 0 Å². The number of aliphatic hydroxyl groups excluding tert-OH is 1. The van der Waals surface area contributed by atoms with Crippen LogP contribution in [0.15, 0.2) is 0 Å². The fraction of sp³-hybridized carbons (Fsp3) is 0.800. The number of esters is 2. The highest BCUT2D eigenvalue weighted by atomic mass is 16.7. The lowest BCUT2D eigenvalue weighted by atomic mass is 9.88. The van der Waals surface area contributed by atoms with Crippen molar-refractivity contribution in [3.8, 4) is 0 Å². The van der Waals surface area contributed by atoms with E-state index in [-0.39, 0.29) is 25.7 Å². The van der Waals surface area contributed by atoms with Gasteiger partial charge in [-0.05, 0) is 6.42 Å². The van der Waals surface area contributed by atoms with Crippen LogP contribution in [0, 0.1) is 0 Å². The van der Waals surface area contributed by atoms with Gasteiger partial charge in [0, 0.05) is 12.8 Å². The van der Waals surface area contributed by atoms with E-state index in [9.17, 15) is 19.8 Å². The Labute approximate surface area is 92.2 Å². The van der Waals surface area contributed by atoms with Gasteiger partial charge in [-0.1, -0.05) is 0 Å². The highest BCUT2D eigenvalue weighted by Crippen LogP contribution is 2.34. The van der Waals surface area contributed by atoms with Crippen LogP contribution in [0.3, 0.4) is 0 Å². The van der Waals surface area contributed by atoms with Crippen LogP contribution in [0.25, 0.3) is 0 Å². The van der Waals surface area contributed by atoms with Gasteiger partial charge in [0.15, 0.2) is 6.10 Å². The first kappa shape index (κ1) is 11.3. The summed E-state index contributed by atoms with van der Waals surface area (Å²) in [4.78, 5) is 22.5. The van der Waals surface area contributed by atoms with Crippen molar-refractivity contribution >= 4 is 11.9 Å². The standard InChI is InChI=1S/C10H14O6/c11-6-3-4-10(14)7(5-6)15-8(12)1-2-9(13)16-10/h6-7,11,14H,1-5H2. The van der Waals surface area contributed by atoms with E-state index in [0.717, 1.165) is 0 Å². The molecular formula is C10H14O6. The SMILES string of the molecule is O=C1CCC(=O)OC2(O)CCC(O)CC2O1. The summed E-state index contributed by atoms with van der Waals surface area (Å²) >= 11 is 0. The van der Waals surface area contributed by atoms with Crippen molar-refractivity contribution in [1.82, 2.24) is 0 Å². The maximum absolute atomic E-state index is 11.3. The van der Waals surface area contributed by atoms with Crippen LogP contribution in [0.1, 0.15) is 32.1 Å². The van der Waals surface area contributed by atoms with Crippen molar-refractivity contribution in [2.24, 2.45) is 0 Å². The molecule has 2 aliphatic rings. The largest absolute Gasteiger partial charge is 0.455 e. The fourth-order valence-corrected chi connectivity index (χ4v) is 2.01. The van der Waals surface area contributed by atoms with E-state index in [1.54, 1.807) is 0 Å². The zero-order valence-electron chi connectivity index (χ0n) is 8.72. The normalized spacial score (nSPS) is 40.1. The second-order valence-electron chi connectivity index (χ2n) is 4.23. The molecule has 3 atom stereocenters. The summed E-state index contributed by atoms with van der Waals surface area (Å²) in [6.07, 6.45) is -1.26. The summed E-state index contributed by atoms with van der Waals surface area (Å²) < 4.78 is 9.90. The lowest BCUT2D eigenvalue weighted by molar-refractivity contribution is -0.276. The number of fused-ring (bicyclic) bond motifs is 1. The Kier molecular flexibility index (Phi) is 2.86. The summed E-state index contributed by atoms with van der Waals surface area (Å²) in [5.74, 6) is -2.93. The molecule has 2 rings (SSSR count). The van der Waals surface area contributed by atoms with Gasteiger partial charge < -0.3 is 19.7 Å². The van der Waals surface area contributed by atoms with Gasteiger partial charge in [0.05, 0.1) is 18.9 Å². The molecule has 90 valence electrons. The van der Waals surface area contributed by atoms with Crippen LogP contribution >= 0.6 is 0 Å². The predicted molar refractivity (Wildman–Crippen MR) is 50.0 cm³/mol. The second-order valence-corrected chi connectivity index (χ2v) is 4.23. The molecule has 0 aromatic heterocycles. The Balaban J connectivity index is 2.19. The van der Waals surface area contributed by atoms with Crippen molar-refractivity contribution in [2.45, 2.75) is 50.1 Å². The van der Waals surface area contributed by atoms with Gasteiger partial charge in [0.25, 0.3) is 0 Å². The molecule has 6 nitrogen and oxygen atoms in total. The maximum atomic E-state index is 11.3. The first-order chi connectivity index (χ1) is 7.49. The molecule has 1 saturated carbocycles. The fourth-order valence-electron chi connectivity index (χ4n) is 2.01. The van der Waals surface area contributed by atoms with E-state index < -0.39 is 29.9 Å². The summed E-state index contributed by atoms with van der Waals surface area (Å²) in [7, 11) is 0. The van der Waals surface area contributed by atoms with Crippen molar-refractivity contribution in [3.05, 3.63) is 0 Å². The summed E-state index contributed by atoms with van der Waals surface area (Å²) in [6, 6.07) is 0. The molecule has 0 spiro atoms. The zero-order chi connectivity index (χ0) is 11.8. The Bertz CT molecular complexity index is 314. The highest BCUT2D eigenvalue weighted by molar-refractivity contribution is 5.78. The maximum Gasteiger partial charge on any atom is 0.309 e. The minimum absolute atomic E-state index is 0.0541. The summed E-state index contributed by atoms with van der Waals surface area (Å²) in [6.45, 7) is 0. The average Bonchev–Trinajstić information content (AvgIpc) is 2.20. The average molecular weight is 230 g/mol. The van der Waals surface area contributed by atoms with E-state index in [1.165, 1.54) is 0 Å². The van der Waals surface area contributed by atoms with E-state index in [1.807, 2.05) is 0 Å². The molecule has 0 amide bonds. The third-order valence-electron chi connectivity index (χ3n) is 2.92. The number of hydrogen-bond acceptors (Lipinski definition) is 6. The topological polar surface area (TPSA) is 93.1 Å². The third kappa shape index (κ3) is 2.17. The Hall–Kier alpha value is -1.14. The van der Waals surface area contributed by atoms with E-state index in [2.05, 4.69) is 0 Å². The predicted octanol–water partition coefficient (Wildman–Crippen LogP) is -0.531. The molecule has 1 aliphatic heterocycles. The minimum Gasteiger partial charge on any atom is -0.455 e. The van der Waals surface area contributed by atoms with Crippen LogP contribution in [0.4, 0.5) is 0 Å². The molecular weight excluding hydrogens is 216 g/mol. The number of hydrogen-bond donors (Lipinski definition) is 2. The van der Waals surface area contributed by atoms with Crippen LogP contribution in [-0.4, -0.2) is 40.1 Å². The lowest BCUT2D eigenvalue weighted by Gasteiger charge is -2.40. The monoisotopic (exact) mass is 230 g/mol. The minimum atomic E-state index is -1.77. The van der Waals surface area contributed by atoms with Crippen LogP contribution in [0.2, 0.25) is 0 Å². The summed E-state index contributed by atoms with van der Waals surface area (Å²) in [5, 5.41) is 19.5. The molecule has 16 heavy (non-hydrogen) atoms. The van der Waals surface area contributed by atoms with Crippen molar-refractivity contribution in [3.63, 3.8) is 0 Å². The van der Waals surface area contributed by atoms with Gasteiger partial charge in [0.2, 0.25) is 5.79 Å². The van der Waals surface area contributed by atoms with Gasteiger partial charge in [0.1, 0.15) is 0 Å². The van der Waals surface area contributed by atoms with Gasteiger partial charge in [-0.25, -0.2) is 0 Å². The van der Waals surface area contributed by atoms with Gasteiger partial charge in [-0.2, -0.15) is 0 Å². The van der Waals surface area contributed by atoms with E-state index in [0.29, 0.717) is 6.42 Å². The van der Waals surface area contributed by atoms with Gasteiger partial charge in [-0.15, -0.1) is 0 Å². The molecule has 2 fully saturated rings. The molecule has 2 N–H and O–H groups in total. The molecule has 0 aromatic rings. The number of rotatable bonds is 0. The number of aliphatic hydroxyl groups is 2. The molecule has 1 saturated heterocycles. The Morgan fingerprint density at radius 3 is 2.69 bits per heavy atom. The molecule has 1 aliphatic carbocycles. The third-order valence-corrected chi connectivity index (χ3v) is 2.92. The van der Waals surface area contributed by atoms with Gasteiger partial charge >= 0.3 is 11.9 Å². The quantitative estimate of drug-likeness (QED) is 0.543. The lowest BCUT2D eigenvalue weighted by Crippen LogP contribution is -2.54. The van der Waals surface area contributed by atoms with Crippen LogP contribution in [-0.2, 0) is 19.1 Å². The Morgan fingerprint density at radius 2 is 1.94 bits per heavy atom. The smallest absolute Gasteiger partial charge is 0.309 e. The van der Waals surface area contributed by atoms with E-state index >= 15 is 0 Å². The van der Waals surface area contributed by atoms with E-state index in [4.69, 9.17) is 9.47 Å². The van der Waals surface area contributed by atoms with Gasteiger partial charge in [-0.3, -0.25) is 9.59 Å². The molecule has 0 bridgehead atoms. The molecule has 0 aromatic carbocycles. The molecule has 0 radical (unpaired) electrons. The second kappa shape index (κ2) is 4.03. The Morgan fingerprint density at radius 1 is 1.25 bits per heavy atom. The first-order valence-electron chi connectivity index (χ1n) is 5.31. The number of carbonyl (C=O) groups is 2. The number of ether oxygens (including phenoxy) is 2. The summed E-state index contributed by atoms with van der Waals surface area (Å²) in [5.41, 5.74) is 0.